The zero-order valence-corrected chi connectivity index (χ0v) is 24.1. The number of methoxy groups -OCH3 is 1. The van der Waals surface area contributed by atoms with E-state index >= 15 is 0 Å². The molecule has 0 saturated heterocycles. The number of benzene rings is 3. The van der Waals surface area contributed by atoms with Crippen molar-refractivity contribution in [2.24, 2.45) is 0 Å². The lowest BCUT2D eigenvalue weighted by atomic mass is 9.64. The molecule has 10 heteroatoms. The molecule has 2 aliphatic rings. The maximum Gasteiger partial charge on any atom is 0.326 e. The number of nitrogens with one attached hydrogen (secondary N) is 3. The van der Waals surface area contributed by atoms with Crippen molar-refractivity contribution < 1.29 is 23.0 Å². The summed E-state index contributed by atoms with van der Waals surface area (Å²) in [5, 5.41) is 6.80. The van der Waals surface area contributed by atoms with Crippen LogP contribution in [0.15, 0.2) is 72.1 Å². The van der Waals surface area contributed by atoms with Gasteiger partial charge in [-0.3, -0.25) is 14.4 Å². The largest absolute Gasteiger partial charge is 0.376 e. The molecule has 0 bridgehead atoms. The molecule has 39 heavy (non-hydrogen) atoms. The number of hydrogen-bond donors (Lipinski definition) is 3. The molecule has 0 radical (unpaired) electrons. The lowest BCUT2D eigenvalue weighted by molar-refractivity contribution is 0.0530. The first-order chi connectivity index (χ1) is 18.6. The Morgan fingerprint density at radius 2 is 1.90 bits per heavy atom. The molecule has 0 aromatic heterocycles. The first-order valence-electron chi connectivity index (χ1n) is 12.5. The summed E-state index contributed by atoms with van der Waals surface area (Å²) in [4.78, 5) is 14.1. The summed E-state index contributed by atoms with van der Waals surface area (Å²) in [5.74, 6) is -0.215. The predicted octanol–water partition coefficient (Wildman–Crippen LogP) is 5.93. The van der Waals surface area contributed by atoms with Crippen LogP contribution in [-0.4, -0.2) is 32.4 Å². The predicted molar refractivity (Wildman–Crippen MR) is 155 cm³/mol. The number of hydrogen-bond acceptors (Lipinski definition) is 7. The van der Waals surface area contributed by atoms with Gasteiger partial charge in [-0.05, 0) is 54.3 Å². The summed E-state index contributed by atoms with van der Waals surface area (Å²) in [6, 6.07) is 18.0. The van der Waals surface area contributed by atoms with Gasteiger partial charge in [-0.1, -0.05) is 55.3 Å². The maximum absolute atomic E-state index is 14.1. The number of fused-ring (bicyclic) bond motifs is 2. The summed E-state index contributed by atoms with van der Waals surface area (Å²) >= 11 is 1.42. The van der Waals surface area contributed by atoms with Crippen LogP contribution >= 0.6 is 19.5 Å². The van der Waals surface area contributed by atoms with Crippen molar-refractivity contribution in [3.05, 3.63) is 100 Å². The summed E-state index contributed by atoms with van der Waals surface area (Å²) in [5.41, 5.74) is 3.81. The van der Waals surface area contributed by atoms with E-state index in [1.807, 2.05) is 49.6 Å². The molecule has 3 unspecified atom stereocenters. The number of halogens is 1. The molecule has 0 spiro atoms. The number of aryl methyl sites for hydroxylation is 1. The summed E-state index contributed by atoms with van der Waals surface area (Å²) in [6.07, 6.45) is 1.66. The van der Waals surface area contributed by atoms with E-state index in [4.69, 9.17) is 9.26 Å². The van der Waals surface area contributed by atoms with Gasteiger partial charge in [0.2, 0.25) is 0 Å². The molecule has 204 valence electrons. The van der Waals surface area contributed by atoms with Gasteiger partial charge in [-0.25, -0.2) is 4.39 Å². The fraction of sp³-hybridized carbons (Fsp3) is 0.276. The molecule has 1 heterocycles. The molecule has 1 aliphatic heterocycles. The third-order valence-corrected chi connectivity index (χ3v) is 9.96. The van der Waals surface area contributed by atoms with E-state index in [0.29, 0.717) is 34.1 Å². The average Bonchev–Trinajstić information content (AvgIpc) is 2.93. The summed E-state index contributed by atoms with van der Waals surface area (Å²) < 4.78 is 42.9. The third-order valence-electron chi connectivity index (χ3n) is 7.48. The van der Waals surface area contributed by atoms with E-state index in [-0.39, 0.29) is 17.4 Å². The van der Waals surface area contributed by atoms with Gasteiger partial charge in [0.05, 0.1) is 22.7 Å². The number of anilines is 2. The minimum Gasteiger partial charge on any atom is -0.376 e. The van der Waals surface area contributed by atoms with Crippen LogP contribution in [0.2, 0.25) is 0 Å². The van der Waals surface area contributed by atoms with Gasteiger partial charge in [0.1, 0.15) is 11.6 Å². The van der Waals surface area contributed by atoms with Gasteiger partial charge in [0, 0.05) is 37.1 Å². The topological polar surface area (TPSA) is 88.7 Å². The quantitative estimate of drug-likeness (QED) is 0.192. The minimum atomic E-state index is -3.60. The monoisotopic (exact) mass is 567 g/mol. The molecule has 3 aromatic carbocycles. The van der Waals surface area contributed by atoms with E-state index in [9.17, 15) is 13.8 Å². The second kappa shape index (κ2) is 10.5. The van der Waals surface area contributed by atoms with Crippen LogP contribution in [0.3, 0.4) is 0 Å². The molecule has 3 aromatic rings. The molecule has 1 aliphatic carbocycles. The minimum absolute atomic E-state index is 0.230. The molecule has 0 saturated carbocycles. The zero-order chi connectivity index (χ0) is 27.9. The molecule has 7 nitrogen and oxygen atoms in total. The van der Waals surface area contributed by atoms with E-state index in [2.05, 4.69) is 15.1 Å². The van der Waals surface area contributed by atoms with Gasteiger partial charge in [-0.2, -0.15) is 0 Å². The first kappa shape index (κ1) is 27.5. The zero-order valence-electron chi connectivity index (χ0n) is 22.4. The fourth-order valence-electron chi connectivity index (χ4n) is 5.66. The average molecular weight is 568 g/mol. The lowest BCUT2D eigenvalue weighted by Gasteiger charge is -2.44. The Balaban J connectivity index is 1.69. The van der Waals surface area contributed by atoms with Gasteiger partial charge >= 0.3 is 7.52 Å². The first-order valence-corrected chi connectivity index (χ1v) is 15.3. The van der Waals surface area contributed by atoms with Crippen LogP contribution < -0.4 is 20.4 Å². The second-order valence-corrected chi connectivity index (χ2v) is 12.8. The fourth-order valence-corrected chi connectivity index (χ4v) is 7.66. The van der Waals surface area contributed by atoms with Gasteiger partial charge in [0.15, 0.2) is 5.78 Å². The highest BCUT2D eigenvalue weighted by atomic mass is 32.2. The summed E-state index contributed by atoms with van der Waals surface area (Å²) in [6.45, 7) is 3.77. The van der Waals surface area contributed by atoms with Gasteiger partial charge < -0.3 is 19.3 Å². The Morgan fingerprint density at radius 3 is 2.59 bits per heavy atom. The molecule has 3 N–H and O–H groups in total. The van der Waals surface area contributed by atoms with Gasteiger partial charge in [-0.15, -0.1) is 0 Å². The Labute approximate surface area is 232 Å². The van der Waals surface area contributed by atoms with Crippen LogP contribution in [0, 0.1) is 12.7 Å². The van der Waals surface area contributed by atoms with Gasteiger partial charge in [0.25, 0.3) is 0 Å². The van der Waals surface area contributed by atoms with Crippen molar-refractivity contribution in [3.8, 4) is 0 Å². The van der Waals surface area contributed by atoms with E-state index in [1.54, 1.807) is 32.2 Å². The number of Topliss-reactive ketones (excluding diaryl/α,β-unsaturated/α-hetero) is 1. The number of rotatable bonds is 6. The normalized spacial score (nSPS) is 25.8. The van der Waals surface area contributed by atoms with Crippen LogP contribution in [0.4, 0.5) is 15.8 Å². The van der Waals surface area contributed by atoms with Crippen molar-refractivity contribution in [3.63, 3.8) is 0 Å². The number of ether oxygens (including phenoxy) is 1. The second-order valence-electron chi connectivity index (χ2n) is 9.97. The van der Waals surface area contributed by atoms with Crippen molar-refractivity contribution in [2.75, 3.05) is 30.5 Å². The lowest BCUT2D eigenvalue weighted by Crippen LogP contribution is -2.50. The van der Waals surface area contributed by atoms with E-state index in [0.717, 1.165) is 16.8 Å². The maximum atomic E-state index is 14.1. The SMILES string of the molecule is COC1C(=C2Nc3ccc(NSC)cc3P(=O)(OC)N2)C(=O)c2ccccc2C1(C)Cc1ccc(F)c(C)c1. The van der Waals surface area contributed by atoms with Crippen LogP contribution in [-0.2, 0) is 25.7 Å². The van der Waals surface area contributed by atoms with Crippen molar-refractivity contribution in [1.82, 2.24) is 5.09 Å². The Bertz CT molecular complexity index is 1540. The molecule has 0 fully saturated rings. The molecule has 3 atom stereocenters. The van der Waals surface area contributed by atoms with E-state index < -0.39 is 19.0 Å². The smallest absolute Gasteiger partial charge is 0.326 e. The van der Waals surface area contributed by atoms with Crippen molar-refractivity contribution in [2.45, 2.75) is 31.8 Å². The van der Waals surface area contributed by atoms with Crippen LogP contribution in [0.1, 0.15) is 34.0 Å². The van der Waals surface area contributed by atoms with Crippen LogP contribution in [0.25, 0.3) is 0 Å². The Kier molecular flexibility index (Phi) is 7.37. The number of ketones is 1. The number of carbonyl (C=O) groups excluding carboxylic acids is 1. The standard InChI is InChI=1S/C29H31FN3O4PS/c1-17-14-18(10-12-22(17)30)16-29(2)21-9-7-6-8-20(21)26(34)25(27(29)36-3)28-31-23-13-11-19(33-39-5)15-24(23)38(35,32-28)37-4/h6-15,27,31,33H,16H2,1-5H3,(H,32,35). The van der Waals surface area contributed by atoms with E-state index in [1.165, 1.54) is 25.1 Å². The Morgan fingerprint density at radius 1 is 1.13 bits per heavy atom. The highest BCUT2D eigenvalue weighted by molar-refractivity contribution is 7.99. The summed E-state index contributed by atoms with van der Waals surface area (Å²) in [7, 11) is -0.650. The highest BCUT2D eigenvalue weighted by Gasteiger charge is 2.49. The number of carbonyl (C=O) groups is 1. The third kappa shape index (κ3) is 4.67. The van der Waals surface area contributed by atoms with Crippen LogP contribution in [0.5, 0.6) is 0 Å². The molecular formula is C29H31FN3O4PS. The highest BCUT2D eigenvalue weighted by Crippen LogP contribution is 2.50. The molecule has 0 amide bonds. The molecular weight excluding hydrogens is 536 g/mol. The van der Waals surface area contributed by atoms with Crippen molar-refractivity contribution >= 4 is 41.9 Å². The molecule has 5 rings (SSSR count). The van der Waals surface area contributed by atoms with Crippen molar-refractivity contribution in [1.29, 1.82) is 0 Å². The Hall–Kier alpha value is -3.10.